The Labute approximate surface area is 115 Å². The summed E-state index contributed by atoms with van der Waals surface area (Å²) >= 11 is 0. The molecule has 0 spiro atoms. The summed E-state index contributed by atoms with van der Waals surface area (Å²) in [6, 6.07) is 8.31. The molecule has 0 N–H and O–H groups in total. The summed E-state index contributed by atoms with van der Waals surface area (Å²) in [5, 5.41) is 0. The van der Waals surface area contributed by atoms with Crippen LogP contribution in [0.25, 0.3) is 0 Å². The molecule has 0 atom stereocenters. The first kappa shape index (κ1) is 14.4. The molecule has 1 heterocycles. The van der Waals surface area contributed by atoms with Crippen LogP contribution in [0.5, 0.6) is 5.75 Å². The topological polar surface area (TPSA) is 27.7 Å². The van der Waals surface area contributed by atoms with E-state index in [4.69, 9.17) is 14.2 Å². The van der Waals surface area contributed by atoms with Gasteiger partial charge in [0.25, 0.3) is 0 Å². The van der Waals surface area contributed by atoms with Gasteiger partial charge in [0.2, 0.25) is 0 Å². The third-order valence-electron chi connectivity index (χ3n) is 3.42. The van der Waals surface area contributed by atoms with Crippen molar-refractivity contribution in [3.05, 3.63) is 29.8 Å². The van der Waals surface area contributed by atoms with E-state index in [0.717, 1.165) is 31.8 Å². The van der Waals surface area contributed by atoms with Crippen molar-refractivity contribution in [2.45, 2.75) is 38.7 Å². The van der Waals surface area contributed by atoms with E-state index in [0.29, 0.717) is 25.2 Å². The first-order valence-corrected chi connectivity index (χ1v) is 7.18. The van der Waals surface area contributed by atoms with Gasteiger partial charge in [0, 0.05) is 13.2 Å². The third-order valence-corrected chi connectivity index (χ3v) is 3.42. The van der Waals surface area contributed by atoms with Crippen LogP contribution in [-0.4, -0.2) is 32.5 Å². The van der Waals surface area contributed by atoms with Gasteiger partial charge < -0.3 is 14.2 Å². The molecule has 1 saturated heterocycles. The van der Waals surface area contributed by atoms with Crippen LogP contribution in [0.2, 0.25) is 0 Å². The molecular formula is C16H24O3. The Morgan fingerprint density at radius 3 is 2.42 bits per heavy atom. The summed E-state index contributed by atoms with van der Waals surface area (Å²) in [5.41, 5.74) is 1.34. The van der Waals surface area contributed by atoms with Gasteiger partial charge in [-0.25, -0.2) is 0 Å². The lowest BCUT2D eigenvalue weighted by Gasteiger charge is -2.22. The minimum absolute atomic E-state index is 0.348. The Kier molecular flexibility index (Phi) is 5.67. The van der Waals surface area contributed by atoms with Gasteiger partial charge in [-0.2, -0.15) is 0 Å². The SMILES string of the molecule is CC(C)c1ccc(OCCOC2CCOCC2)cc1. The smallest absolute Gasteiger partial charge is 0.119 e. The van der Waals surface area contributed by atoms with Crippen molar-refractivity contribution in [1.29, 1.82) is 0 Å². The highest BCUT2D eigenvalue weighted by atomic mass is 16.5. The molecule has 1 aliphatic rings. The van der Waals surface area contributed by atoms with E-state index in [2.05, 4.69) is 26.0 Å². The fraction of sp³-hybridized carbons (Fsp3) is 0.625. The minimum atomic E-state index is 0.348. The number of ether oxygens (including phenoxy) is 3. The van der Waals surface area contributed by atoms with Gasteiger partial charge in [0.1, 0.15) is 12.4 Å². The Hall–Kier alpha value is -1.06. The van der Waals surface area contributed by atoms with Crippen molar-refractivity contribution in [1.82, 2.24) is 0 Å². The minimum Gasteiger partial charge on any atom is -0.491 e. The van der Waals surface area contributed by atoms with Gasteiger partial charge in [-0.05, 0) is 36.5 Å². The highest BCUT2D eigenvalue weighted by Gasteiger charge is 2.13. The molecule has 1 aromatic rings. The van der Waals surface area contributed by atoms with Crippen LogP contribution in [0.1, 0.15) is 38.2 Å². The van der Waals surface area contributed by atoms with Crippen LogP contribution in [-0.2, 0) is 9.47 Å². The zero-order valence-electron chi connectivity index (χ0n) is 11.9. The second-order valence-electron chi connectivity index (χ2n) is 5.25. The molecule has 3 heteroatoms. The molecule has 0 bridgehead atoms. The van der Waals surface area contributed by atoms with Crippen LogP contribution >= 0.6 is 0 Å². The van der Waals surface area contributed by atoms with E-state index >= 15 is 0 Å². The van der Waals surface area contributed by atoms with Gasteiger partial charge in [-0.15, -0.1) is 0 Å². The van der Waals surface area contributed by atoms with Crippen LogP contribution in [0.3, 0.4) is 0 Å². The summed E-state index contributed by atoms with van der Waals surface area (Å²) in [5.74, 6) is 1.48. The summed E-state index contributed by atoms with van der Waals surface area (Å²) in [7, 11) is 0. The second kappa shape index (κ2) is 7.51. The quantitative estimate of drug-likeness (QED) is 0.737. The van der Waals surface area contributed by atoms with Crippen molar-refractivity contribution < 1.29 is 14.2 Å². The van der Waals surface area contributed by atoms with Crippen LogP contribution in [0.4, 0.5) is 0 Å². The largest absolute Gasteiger partial charge is 0.491 e. The van der Waals surface area contributed by atoms with Gasteiger partial charge >= 0.3 is 0 Å². The zero-order valence-corrected chi connectivity index (χ0v) is 11.9. The molecule has 3 nitrogen and oxygen atoms in total. The van der Waals surface area contributed by atoms with E-state index < -0.39 is 0 Å². The molecule has 106 valence electrons. The third kappa shape index (κ3) is 4.84. The lowest BCUT2D eigenvalue weighted by atomic mass is 10.0. The van der Waals surface area contributed by atoms with Crippen molar-refractivity contribution >= 4 is 0 Å². The lowest BCUT2D eigenvalue weighted by molar-refractivity contribution is -0.0388. The highest BCUT2D eigenvalue weighted by molar-refractivity contribution is 5.28. The zero-order chi connectivity index (χ0) is 13.5. The Bertz CT molecular complexity index is 353. The Balaban J connectivity index is 1.64. The number of rotatable bonds is 6. The van der Waals surface area contributed by atoms with E-state index in [1.54, 1.807) is 0 Å². The second-order valence-corrected chi connectivity index (χ2v) is 5.25. The van der Waals surface area contributed by atoms with Gasteiger partial charge in [-0.1, -0.05) is 26.0 Å². The van der Waals surface area contributed by atoms with Crippen molar-refractivity contribution in [3.63, 3.8) is 0 Å². The molecule has 0 aromatic heterocycles. The average Bonchev–Trinajstić information content (AvgIpc) is 2.45. The van der Waals surface area contributed by atoms with Crippen LogP contribution in [0, 0.1) is 0 Å². The molecule has 1 aromatic carbocycles. The van der Waals surface area contributed by atoms with Crippen molar-refractivity contribution in [3.8, 4) is 5.75 Å². The number of hydrogen-bond donors (Lipinski definition) is 0. The molecule has 2 rings (SSSR count). The van der Waals surface area contributed by atoms with Crippen molar-refractivity contribution in [2.75, 3.05) is 26.4 Å². The van der Waals surface area contributed by atoms with Crippen molar-refractivity contribution in [2.24, 2.45) is 0 Å². The molecule has 0 aliphatic carbocycles. The Morgan fingerprint density at radius 2 is 1.79 bits per heavy atom. The first-order chi connectivity index (χ1) is 9.25. The monoisotopic (exact) mass is 264 g/mol. The van der Waals surface area contributed by atoms with Gasteiger partial charge in [-0.3, -0.25) is 0 Å². The highest BCUT2D eigenvalue weighted by Crippen LogP contribution is 2.18. The maximum absolute atomic E-state index is 5.76. The molecule has 0 radical (unpaired) electrons. The summed E-state index contributed by atoms with van der Waals surface area (Å²) < 4.78 is 16.7. The standard InChI is InChI=1S/C16H24O3/c1-13(2)14-3-5-15(6-4-14)18-11-12-19-16-7-9-17-10-8-16/h3-6,13,16H,7-12H2,1-2H3. The summed E-state index contributed by atoms with van der Waals surface area (Å²) in [4.78, 5) is 0. The molecule has 0 amide bonds. The fourth-order valence-electron chi connectivity index (χ4n) is 2.17. The molecule has 0 saturated carbocycles. The average molecular weight is 264 g/mol. The predicted octanol–water partition coefficient (Wildman–Crippen LogP) is 3.38. The maximum atomic E-state index is 5.76. The molecule has 0 unspecified atom stereocenters. The van der Waals surface area contributed by atoms with Gasteiger partial charge in [0.15, 0.2) is 0 Å². The molecule has 1 aliphatic heterocycles. The van der Waals surface area contributed by atoms with E-state index in [1.807, 2.05) is 12.1 Å². The molecular weight excluding hydrogens is 240 g/mol. The molecule has 19 heavy (non-hydrogen) atoms. The Morgan fingerprint density at radius 1 is 1.11 bits per heavy atom. The van der Waals surface area contributed by atoms with Crippen LogP contribution in [0.15, 0.2) is 24.3 Å². The summed E-state index contributed by atoms with van der Waals surface area (Å²) in [6.45, 7) is 7.29. The predicted molar refractivity (Wildman–Crippen MR) is 75.8 cm³/mol. The number of benzene rings is 1. The van der Waals surface area contributed by atoms with E-state index in [9.17, 15) is 0 Å². The number of hydrogen-bond acceptors (Lipinski definition) is 3. The maximum Gasteiger partial charge on any atom is 0.119 e. The van der Waals surface area contributed by atoms with Gasteiger partial charge in [0.05, 0.1) is 12.7 Å². The first-order valence-electron chi connectivity index (χ1n) is 7.18. The van der Waals surface area contributed by atoms with E-state index in [-0.39, 0.29) is 0 Å². The fourth-order valence-corrected chi connectivity index (χ4v) is 2.17. The van der Waals surface area contributed by atoms with E-state index in [1.165, 1.54) is 5.56 Å². The summed E-state index contributed by atoms with van der Waals surface area (Å²) in [6.07, 6.45) is 2.35. The van der Waals surface area contributed by atoms with Crippen LogP contribution < -0.4 is 4.74 Å². The normalized spacial score (nSPS) is 16.8. The molecule has 1 fully saturated rings. The lowest BCUT2D eigenvalue weighted by Crippen LogP contribution is -2.25.